The van der Waals surface area contributed by atoms with Gasteiger partial charge in [-0.1, -0.05) is 28.4 Å². The van der Waals surface area contributed by atoms with Gasteiger partial charge in [0.15, 0.2) is 0 Å². The van der Waals surface area contributed by atoms with Gasteiger partial charge >= 0.3 is 0 Å². The van der Waals surface area contributed by atoms with Gasteiger partial charge < -0.3 is 5.21 Å². The Kier molecular flexibility index (Phi) is 2.62. The highest BCUT2D eigenvalue weighted by atomic mass is 35.5. The Bertz CT molecular complexity index is 269. The summed E-state index contributed by atoms with van der Waals surface area (Å²) in [5, 5.41) is 11.2. The van der Waals surface area contributed by atoms with Gasteiger partial charge in [-0.15, -0.1) is 0 Å². The molecule has 0 aliphatic heterocycles. The normalized spacial score (nSPS) is 10.7. The van der Waals surface area contributed by atoms with E-state index in [0.29, 0.717) is 5.56 Å². The number of hydrogen-bond acceptors (Lipinski definition) is 4. The topological polar surface area (TPSA) is 58.4 Å². The van der Waals surface area contributed by atoms with E-state index in [1.54, 1.807) is 0 Å². The molecule has 0 fully saturated rings. The van der Waals surface area contributed by atoms with Crippen molar-refractivity contribution in [1.82, 2.24) is 9.97 Å². The van der Waals surface area contributed by atoms with Gasteiger partial charge in [0.2, 0.25) is 0 Å². The van der Waals surface area contributed by atoms with E-state index in [1.165, 1.54) is 6.33 Å². The molecule has 0 aliphatic carbocycles. The quantitative estimate of drug-likeness (QED) is 0.318. The van der Waals surface area contributed by atoms with Crippen molar-refractivity contribution in [2.75, 3.05) is 0 Å². The number of oxime groups is 1. The fourth-order valence-corrected chi connectivity index (χ4v) is 0.931. The van der Waals surface area contributed by atoms with Crippen LogP contribution < -0.4 is 0 Å². The van der Waals surface area contributed by atoms with Crippen LogP contribution in [0.5, 0.6) is 0 Å². The van der Waals surface area contributed by atoms with Crippen molar-refractivity contribution in [2.45, 2.75) is 0 Å². The molecule has 1 rings (SSSR count). The smallest absolute Gasteiger partial charge is 0.142 e. The third-order valence-electron chi connectivity index (χ3n) is 0.973. The fraction of sp³-hybridized carbons (Fsp3) is 0. The summed E-state index contributed by atoms with van der Waals surface area (Å²) in [5.41, 5.74) is 0.304. The van der Waals surface area contributed by atoms with E-state index in [2.05, 4.69) is 15.1 Å². The van der Waals surface area contributed by atoms with Gasteiger partial charge in [-0.25, -0.2) is 9.97 Å². The zero-order valence-corrected chi connectivity index (χ0v) is 6.71. The van der Waals surface area contributed by atoms with Crippen molar-refractivity contribution in [1.29, 1.82) is 0 Å². The summed E-state index contributed by atoms with van der Waals surface area (Å²) in [6.45, 7) is 0. The van der Waals surface area contributed by atoms with Crippen LogP contribution in [0.25, 0.3) is 0 Å². The van der Waals surface area contributed by atoms with Gasteiger partial charge in [0.05, 0.1) is 11.8 Å². The molecule has 1 N–H and O–H groups in total. The Balaban J connectivity index is 3.20. The maximum absolute atomic E-state index is 8.17. The molecule has 0 saturated heterocycles. The predicted octanol–water partition coefficient (Wildman–Crippen LogP) is 1.59. The lowest BCUT2D eigenvalue weighted by molar-refractivity contribution is 0.322. The van der Waals surface area contributed by atoms with Crippen molar-refractivity contribution < 1.29 is 5.21 Å². The Morgan fingerprint density at radius 3 is 2.36 bits per heavy atom. The first kappa shape index (κ1) is 8.23. The number of hydrogen-bond donors (Lipinski definition) is 1. The standard InChI is InChI=1S/C5H3Cl2N3O/c6-4-3(1-10-11)5(7)9-2-8-4/h1-2,11H/b10-1-. The van der Waals surface area contributed by atoms with Crippen LogP contribution in [-0.4, -0.2) is 21.4 Å². The molecular formula is C5H3Cl2N3O. The Morgan fingerprint density at radius 2 is 1.91 bits per heavy atom. The van der Waals surface area contributed by atoms with Crippen LogP contribution in [0, 0.1) is 0 Å². The van der Waals surface area contributed by atoms with Crippen molar-refractivity contribution in [3.05, 3.63) is 22.2 Å². The fourth-order valence-electron chi connectivity index (χ4n) is 0.519. The largest absolute Gasteiger partial charge is 0.411 e. The summed E-state index contributed by atoms with van der Waals surface area (Å²) in [6.07, 6.45) is 2.30. The van der Waals surface area contributed by atoms with E-state index in [-0.39, 0.29) is 10.3 Å². The van der Waals surface area contributed by atoms with Gasteiger partial charge in [0, 0.05) is 0 Å². The molecule has 0 aromatic carbocycles. The number of nitrogens with zero attached hydrogens (tertiary/aromatic N) is 3. The van der Waals surface area contributed by atoms with Crippen molar-refractivity contribution >= 4 is 29.4 Å². The number of rotatable bonds is 1. The maximum Gasteiger partial charge on any atom is 0.142 e. The van der Waals surface area contributed by atoms with Gasteiger partial charge in [-0.3, -0.25) is 0 Å². The first-order valence-electron chi connectivity index (χ1n) is 2.59. The average molecular weight is 192 g/mol. The second-order valence-electron chi connectivity index (χ2n) is 1.61. The second-order valence-corrected chi connectivity index (χ2v) is 2.33. The summed E-state index contributed by atoms with van der Waals surface area (Å²) in [6, 6.07) is 0. The van der Waals surface area contributed by atoms with E-state index in [1.807, 2.05) is 0 Å². The maximum atomic E-state index is 8.17. The summed E-state index contributed by atoms with van der Waals surface area (Å²) in [5.74, 6) is 0. The molecule has 1 heterocycles. The third-order valence-corrected chi connectivity index (χ3v) is 1.58. The first-order valence-corrected chi connectivity index (χ1v) is 3.34. The van der Waals surface area contributed by atoms with Crippen LogP contribution in [0.1, 0.15) is 5.56 Å². The summed E-state index contributed by atoms with van der Waals surface area (Å²) < 4.78 is 0. The van der Waals surface area contributed by atoms with Crippen molar-refractivity contribution in [3.8, 4) is 0 Å². The SMILES string of the molecule is O/N=C\c1c(Cl)ncnc1Cl. The third kappa shape index (κ3) is 1.78. The van der Waals surface area contributed by atoms with E-state index >= 15 is 0 Å². The molecule has 0 aliphatic rings. The Labute approximate surface area is 72.5 Å². The highest BCUT2D eigenvalue weighted by Crippen LogP contribution is 2.16. The van der Waals surface area contributed by atoms with E-state index in [4.69, 9.17) is 28.4 Å². The molecule has 11 heavy (non-hydrogen) atoms. The van der Waals surface area contributed by atoms with Gasteiger partial charge in [0.1, 0.15) is 16.6 Å². The summed E-state index contributed by atoms with van der Waals surface area (Å²) >= 11 is 11.1. The van der Waals surface area contributed by atoms with Crippen LogP contribution in [0.2, 0.25) is 10.3 Å². The molecule has 0 amide bonds. The number of halogens is 2. The van der Waals surface area contributed by atoms with Crippen LogP contribution in [-0.2, 0) is 0 Å². The lowest BCUT2D eigenvalue weighted by Gasteiger charge is -1.95. The predicted molar refractivity (Wildman–Crippen MR) is 41.4 cm³/mol. The van der Waals surface area contributed by atoms with E-state index in [9.17, 15) is 0 Å². The Morgan fingerprint density at radius 1 is 1.36 bits per heavy atom. The minimum atomic E-state index is 0.155. The molecule has 0 saturated carbocycles. The monoisotopic (exact) mass is 191 g/mol. The van der Waals surface area contributed by atoms with Crippen LogP contribution >= 0.6 is 23.2 Å². The van der Waals surface area contributed by atoms with Crippen molar-refractivity contribution in [3.63, 3.8) is 0 Å². The summed E-state index contributed by atoms with van der Waals surface area (Å²) in [7, 11) is 0. The molecule has 0 spiro atoms. The van der Waals surface area contributed by atoms with Gasteiger partial charge in [-0.05, 0) is 0 Å². The molecule has 58 valence electrons. The van der Waals surface area contributed by atoms with Crippen molar-refractivity contribution in [2.24, 2.45) is 5.16 Å². The molecule has 0 atom stereocenters. The van der Waals surface area contributed by atoms with Crippen LogP contribution in [0.3, 0.4) is 0 Å². The molecule has 0 radical (unpaired) electrons. The zero-order valence-electron chi connectivity index (χ0n) is 5.20. The average Bonchev–Trinajstić information content (AvgIpc) is 1.97. The molecular weight excluding hydrogens is 189 g/mol. The van der Waals surface area contributed by atoms with E-state index < -0.39 is 0 Å². The van der Waals surface area contributed by atoms with Crippen LogP contribution in [0.15, 0.2) is 11.5 Å². The highest BCUT2D eigenvalue weighted by molar-refractivity contribution is 6.37. The second kappa shape index (κ2) is 3.50. The first-order chi connectivity index (χ1) is 5.25. The van der Waals surface area contributed by atoms with Gasteiger partial charge in [0.25, 0.3) is 0 Å². The molecule has 4 nitrogen and oxygen atoms in total. The molecule has 1 aromatic heterocycles. The number of aromatic nitrogens is 2. The zero-order chi connectivity index (χ0) is 8.27. The minimum Gasteiger partial charge on any atom is -0.411 e. The summed E-state index contributed by atoms with van der Waals surface area (Å²) in [4.78, 5) is 7.25. The molecule has 0 bridgehead atoms. The van der Waals surface area contributed by atoms with Crippen LogP contribution in [0.4, 0.5) is 0 Å². The highest BCUT2D eigenvalue weighted by Gasteiger charge is 2.04. The molecule has 0 unspecified atom stereocenters. The lowest BCUT2D eigenvalue weighted by atomic mass is 10.4. The Hall–Kier alpha value is -0.870. The molecule has 1 aromatic rings. The van der Waals surface area contributed by atoms with Gasteiger partial charge in [-0.2, -0.15) is 0 Å². The van der Waals surface area contributed by atoms with E-state index in [0.717, 1.165) is 6.21 Å². The lowest BCUT2D eigenvalue weighted by Crippen LogP contribution is -1.90. The minimum absolute atomic E-state index is 0.155. The molecule has 6 heteroatoms.